The fourth-order valence-electron chi connectivity index (χ4n) is 4.29. The molecule has 0 aliphatic carbocycles. The first-order valence-electron chi connectivity index (χ1n) is 10.6. The molecule has 0 spiro atoms. The minimum Gasteiger partial charge on any atom is -0.350 e. The summed E-state index contributed by atoms with van der Waals surface area (Å²) in [6, 6.07) is 6.23. The summed E-state index contributed by atoms with van der Waals surface area (Å²) >= 11 is 0. The van der Waals surface area contributed by atoms with Gasteiger partial charge in [0.2, 0.25) is 11.8 Å². The third kappa shape index (κ3) is 5.31. The molecule has 2 aliphatic heterocycles. The topological polar surface area (TPSA) is 65.5 Å². The van der Waals surface area contributed by atoms with Gasteiger partial charge in [0, 0.05) is 37.3 Å². The van der Waals surface area contributed by atoms with E-state index in [9.17, 15) is 9.59 Å². The second kappa shape index (κ2) is 9.03. The van der Waals surface area contributed by atoms with E-state index in [0.717, 1.165) is 57.6 Å². The van der Waals surface area contributed by atoms with Gasteiger partial charge in [0.15, 0.2) is 0 Å². The summed E-state index contributed by atoms with van der Waals surface area (Å²) in [7, 11) is 0. The SMILES string of the molecule is CC(C)(C)C(=O)N1CCC(N2CCC[C@@H](C(=O)NCc3ccccn3)C2)CC1. The molecule has 3 heterocycles. The number of nitrogens with zero attached hydrogens (tertiary/aromatic N) is 3. The smallest absolute Gasteiger partial charge is 0.227 e. The number of nitrogens with one attached hydrogen (secondary N) is 1. The van der Waals surface area contributed by atoms with Gasteiger partial charge in [0.25, 0.3) is 0 Å². The fourth-order valence-corrected chi connectivity index (χ4v) is 4.29. The van der Waals surface area contributed by atoms with Crippen LogP contribution in [0.2, 0.25) is 0 Å². The third-order valence-electron chi connectivity index (χ3n) is 5.90. The summed E-state index contributed by atoms with van der Waals surface area (Å²) in [6.07, 6.45) is 5.77. The molecule has 2 saturated heterocycles. The van der Waals surface area contributed by atoms with Crippen molar-refractivity contribution >= 4 is 11.8 Å². The Bertz CT molecular complexity index is 663. The number of piperidine rings is 2. The van der Waals surface area contributed by atoms with Crippen LogP contribution >= 0.6 is 0 Å². The number of aromatic nitrogens is 1. The molecule has 1 N–H and O–H groups in total. The summed E-state index contributed by atoms with van der Waals surface area (Å²) in [5.74, 6) is 0.429. The lowest BCUT2D eigenvalue weighted by atomic mass is 9.91. The number of pyridine rings is 1. The van der Waals surface area contributed by atoms with E-state index >= 15 is 0 Å². The summed E-state index contributed by atoms with van der Waals surface area (Å²) in [5, 5.41) is 3.05. The molecule has 1 aromatic heterocycles. The molecule has 0 aromatic carbocycles. The standard InChI is InChI=1S/C22H34N4O2/c1-22(2,3)21(28)25-13-9-19(10-14-25)26-12-6-7-17(16-26)20(27)24-15-18-8-4-5-11-23-18/h4-5,8,11,17,19H,6-7,9-10,12-16H2,1-3H3,(H,24,27)/t17-/m1/s1. The summed E-state index contributed by atoms with van der Waals surface area (Å²) in [4.78, 5) is 33.9. The Morgan fingerprint density at radius 2 is 1.89 bits per heavy atom. The van der Waals surface area contributed by atoms with Gasteiger partial charge in [0.05, 0.1) is 18.2 Å². The van der Waals surface area contributed by atoms with Gasteiger partial charge in [-0.1, -0.05) is 26.8 Å². The zero-order valence-corrected chi connectivity index (χ0v) is 17.5. The molecule has 154 valence electrons. The molecule has 0 bridgehead atoms. The Morgan fingerprint density at radius 3 is 2.54 bits per heavy atom. The van der Waals surface area contributed by atoms with Crippen LogP contribution in [0.3, 0.4) is 0 Å². The van der Waals surface area contributed by atoms with Crippen molar-refractivity contribution in [3.63, 3.8) is 0 Å². The molecule has 2 fully saturated rings. The van der Waals surface area contributed by atoms with Crippen molar-refractivity contribution in [2.45, 2.75) is 59.0 Å². The molecule has 0 radical (unpaired) electrons. The molecule has 6 heteroatoms. The van der Waals surface area contributed by atoms with Crippen LogP contribution in [-0.4, -0.2) is 58.8 Å². The molecular formula is C22H34N4O2. The molecule has 0 unspecified atom stereocenters. The molecular weight excluding hydrogens is 352 g/mol. The Morgan fingerprint density at radius 1 is 1.14 bits per heavy atom. The van der Waals surface area contributed by atoms with Gasteiger partial charge in [0.1, 0.15) is 0 Å². The number of carbonyl (C=O) groups is 2. The maximum atomic E-state index is 12.6. The first-order valence-corrected chi connectivity index (χ1v) is 10.6. The average molecular weight is 387 g/mol. The molecule has 28 heavy (non-hydrogen) atoms. The van der Waals surface area contributed by atoms with E-state index in [-0.39, 0.29) is 23.1 Å². The first-order chi connectivity index (χ1) is 13.3. The number of carbonyl (C=O) groups excluding carboxylic acids is 2. The maximum Gasteiger partial charge on any atom is 0.227 e. The second-order valence-corrected chi connectivity index (χ2v) is 9.15. The number of hydrogen-bond donors (Lipinski definition) is 1. The monoisotopic (exact) mass is 386 g/mol. The second-order valence-electron chi connectivity index (χ2n) is 9.15. The molecule has 2 aliphatic rings. The molecule has 0 saturated carbocycles. The number of hydrogen-bond acceptors (Lipinski definition) is 4. The molecule has 1 atom stereocenters. The summed E-state index contributed by atoms with van der Waals surface area (Å²) in [6.45, 7) is 9.99. The van der Waals surface area contributed by atoms with Crippen molar-refractivity contribution in [2.24, 2.45) is 11.3 Å². The van der Waals surface area contributed by atoms with E-state index in [4.69, 9.17) is 0 Å². The van der Waals surface area contributed by atoms with Gasteiger partial charge in [-0.25, -0.2) is 0 Å². The van der Waals surface area contributed by atoms with Crippen molar-refractivity contribution in [3.8, 4) is 0 Å². The normalized spacial score (nSPS) is 22.1. The number of amides is 2. The minimum absolute atomic E-state index is 0.0479. The lowest BCUT2D eigenvalue weighted by molar-refractivity contribution is -0.141. The van der Waals surface area contributed by atoms with E-state index in [1.165, 1.54) is 0 Å². The lowest BCUT2D eigenvalue weighted by Gasteiger charge is -2.43. The van der Waals surface area contributed by atoms with Crippen LogP contribution in [0, 0.1) is 11.3 Å². The van der Waals surface area contributed by atoms with Crippen molar-refractivity contribution in [3.05, 3.63) is 30.1 Å². The quantitative estimate of drug-likeness (QED) is 0.863. The van der Waals surface area contributed by atoms with E-state index in [0.29, 0.717) is 12.6 Å². The van der Waals surface area contributed by atoms with Crippen LogP contribution in [0.1, 0.15) is 52.1 Å². The Hall–Kier alpha value is -1.95. The Kier molecular flexibility index (Phi) is 6.70. The average Bonchev–Trinajstić information content (AvgIpc) is 2.72. The number of likely N-dealkylation sites (tertiary alicyclic amines) is 2. The van der Waals surface area contributed by atoms with Crippen molar-refractivity contribution in [1.82, 2.24) is 20.1 Å². The van der Waals surface area contributed by atoms with Crippen LogP contribution in [-0.2, 0) is 16.1 Å². The van der Waals surface area contributed by atoms with Crippen molar-refractivity contribution in [2.75, 3.05) is 26.2 Å². The van der Waals surface area contributed by atoms with E-state index < -0.39 is 0 Å². The van der Waals surface area contributed by atoms with Crippen molar-refractivity contribution in [1.29, 1.82) is 0 Å². The maximum absolute atomic E-state index is 12.6. The van der Waals surface area contributed by atoms with Crippen LogP contribution in [0.15, 0.2) is 24.4 Å². The zero-order chi connectivity index (χ0) is 20.1. The molecule has 2 amide bonds. The van der Waals surface area contributed by atoms with Crippen LogP contribution in [0.25, 0.3) is 0 Å². The van der Waals surface area contributed by atoms with E-state index in [2.05, 4.69) is 15.2 Å². The third-order valence-corrected chi connectivity index (χ3v) is 5.90. The van der Waals surface area contributed by atoms with E-state index in [1.54, 1.807) is 6.20 Å². The molecule has 1 aromatic rings. The van der Waals surface area contributed by atoms with Crippen LogP contribution in [0.5, 0.6) is 0 Å². The van der Waals surface area contributed by atoms with Gasteiger partial charge in [-0.05, 0) is 44.4 Å². The number of rotatable bonds is 4. The highest BCUT2D eigenvalue weighted by molar-refractivity contribution is 5.81. The minimum atomic E-state index is -0.311. The van der Waals surface area contributed by atoms with Gasteiger partial charge >= 0.3 is 0 Å². The highest BCUT2D eigenvalue weighted by Gasteiger charge is 2.34. The van der Waals surface area contributed by atoms with Crippen LogP contribution in [0.4, 0.5) is 0 Å². The summed E-state index contributed by atoms with van der Waals surface area (Å²) in [5.41, 5.74) is 0.578. The molecule has 3 rings (SSSR count). The van der Waals surface area contributed by atoms with Crippen LogP contribution < -0.4 is 5.32 Å². The van der Waals surface area contributed by atoms with E-state index in [1.807, 2.05) is 43.9 Å². The van der Waals surface area contributed by atoms with Gasteiger partial charge in [-0.2, -0.15) is 0 Å². The Labute approximate surface area is 168 Å². The lowest BCUT2D eigenvalue weighted by Crippen LogP contribution is -2.52. The highest BCUT2D eigenvalue weighted by Crippen LogP contribution is 2.26. The predicted molar refractivity (Wildman–Crippen MR) is 109 cm³/mol. The molecule has 6 nitrogen and oxygen atoms in total. The Balaban J connectivity index is 1.47. The fraction of sp³-hybridized carbons (Fsp3) is 0.682. The largest absolute Gasteiger partial charge is 0.350 e. The highest BCUT2D eigenvalue weighted by atomic mass is 16.2. The van der Waals surface area contributed by atoms with Crippen molar-refractivity contribution < 1.29 is 9.59 Å². The first kappa shape index (κ1) is 20.8. The summed E-state index contributed by atoms with van der Waals surface area (Å²) < 4.78 is 0. The van der Waals surface area contributed by atoms with Gasteiger partial charge < -0.3 is 10.2 Å². The predicted octanol–water partition coefficient (Wildman–Crippen LogP) is 2.45. The van der Waals surface area contributed by atoms with Gasteiger partial charge in [-0.15, -0.1) is 0 Å². The van der Waals surface area contributed by atoms with Gasteiger partial charge in [-0.3, -0.25) is 19.5 Å². The zero-order valence-electron chi connectivity index (χ0n) is 17.5.